The van der Waals surface area contributed by atoms with E-state index < -0.39 is 0 Å². The number of ether oxygens (including phenoxy) is 1. The highest BCUT2D eigenvalue weighted by atomic mass is 16.5. The second-order valence-corrected chi connectivity index (χ2v) is 5.11. The van der Waals surface area contributed by atoms with Crippen LogP contribution in [0.2, 0.25) is 0 Å². The molecule has 0 aliphatic rings. The monoisotopic (exact) mass is 280 g/mol. The van der Waals surface area contributed by atoms with Crippen LogP contribution in [-0.4, -0.2) is 12.4 Å². The minimum Gasteiger partial charge on any atom is -0.485 e. The maximum atomic E-state index is 12.2. The molecule has 0 radical (unpaired) electrons. The number of aryl methyl sites for hydroxylation is 2. The number of allylic oxidation sites excluding steroid dienone is 1. The minimum atomic E-state index is -0.00786. The molecule has 0 aromatic heterocycles. The molecular weight excluding hydrogens is 260 g/mol. The van der Waals surface area contributed by atoms with Gasteiger partial charge in [0, 0.05) is 5.56 Å². The van der Waals surface area contributed by atoms with E-state index in [1.54, 1.807) is 0 Å². The SMILES string of the molecule is C=CCc1ccccc1OCC(=O)c1ccc(C)c(C)c1. The third-order valence-electron chi connectivity index (χ3n) is 3.52. The Hall–Kier alpha value is -2.35. The van der Waals surface area contributed by atoms with Crippen LogP contribution in [0, 0.1) is 13.8 Å². The second-order valence-electron chi connectivity index (χ2n) is 5.11. The van der Waals surface area contributed by atoms with Gasteiger partial charge in [-0.1, -0.05) is 36.4 Å². The summed E-state index contributed by atoms with van der Waals surface area (Å²) in [5.74, 6) is 0.737. The number of para-hydroxylation sites is 1. The highest BCUT2D eigenvalue weighted by Crippen LogP contribution is 2.19. The Morgan fingerprint density at radius 3 is 2.62 bits per heavy atom. The molecule has 0 fully saturated rings. The normalized spacial score (nSPS) is 10.2. The molecule has 0 saturated heterocycles. The Balaban J connectivity index is 2.07. The van der Waals surface area contributed by atoms with Crippen molar-refractivity contribution < 1.29 is 9.53 Å². The fraction of sp³-hybridized carbons (Fsp3) is 0.211. The van der Waals surface area contributed by atoms with Gasteiger partial charge in [0.2, 0.25) is 0 Å². The molecule has 108 valence electrons. The molecule has 0 aliphatic heterocycles. The maximum Gasteiger partial charge on any atom is 0.200 e. The summed E-state index contributed by atoms with van der Waals surface area (Å²) in [6.45, 7) is 7.83. The Morgan fingerprint density at radius 1 is 1.14 bits per heavy atom. The third kappa shape index (κ3) is 3.82. The molecule has 2 nitrogen and oxygen atoms in total. The molecule has 0 amide bonds. The van der Waals surface area contributed by atoms with E-state index in [1.165, 1.54) is 5.56 Å². The van der Waals surface area contributed by atoms with Crippen molar-refractivity contribution in [3.63, 3.8) is 0 Å². The van der Waals surface area contributed by atoms with E-state index in [0.29, 0.717) is 5.56 Å². The van der Waals surface area contributed by atoms with Gasteiger partial charge in [-0.15, -0.1) is 6.58 Å². The van der Waals surface area contributed by atoms with Gasteiger partial charge in [0.05, 0.1) is 0 Å². The molecular formula is C19H20O2. The quantitative estimate of drug-likeness (QED) is 0.582. The van der Waals surface area contributed by atoms with E-state index in [-0.39, 0.29) is 12.4 Å². The number of Topliss-reactive ketones (excluding diaryl/α,β-unsaturated/α-hetero) is 1. The van der Waals surface area contributed by atoms with Crippen LogP contribution in [-0.2, 0) is 6.42 Å². The number of carbonyl (C=O) groups is 1. The van der Waals surface area contributed by atoms with Gasteiger partial charge >= 0.3 is 0 Å². The Bertz CT molecular complexity index is 656. The largest absolute Gasteiger partial charge is 0.485 e. The summed E-state index contributed by atoms with van der Waals surface area (Å²) in [6.07, 6.45) is 2.56. The molecule has 0 N–H and O–H groups in total. The van der Waals surface area contributed by atoms with Gasteiger partial charge in [-0.05, 0) is 49.1 Å². The van der Waals surface area contributed by atoms with E-state index >= 15 is 0 Å². The number of carbonyl (C=O) groups excluding carboxylic acids is 1. The summed E-state index contributed by atoms with van der Waals surface area (Å²) >= 11 is 0. The van der Waals surface area contributed by atoms with E-state index in [4.69, 9.17) is 4.74 Å². The second kappa shape index (κ2) is 6.89. The van der Waals surface area contributed by atoms with Crippen molar-refractivity contribution in [3.8, 4) is 5.75 Å². The molecule has 0 bridgehead atoms. The summed E-state index contributed by atoms with van der Waals surface area (Å²) < 4.78 is 5.68. The first-order valence-corrected chi connectivity index (χ1v) is 7.04. The predicted molar refractivity (Wildman–Crippen MR) is 86.1 cm³/mol. The molecule has 0 saturated carbocycles. The highest BCUT2D eigenvalue weighted by Gasteiger charge is 2.09. The Kier molecular flexibility index (Phi) is 4.94. The van der Waals surface area contributed by atoms with E-state index in [1.807, 2.05) is 62.4 Å². The van der Waals surface area contributed by atoms with Crippen LogP contribution >= 0.6 is 0 Å². The number of rotatable bonds is 6. The van der Waals surface area contributed by atoms with Gasteiger partial charge in [0.15, 0.2) is 12.4 Å². The van der Waals surface area contributed by atoms with Crippen molar-refractivity contribution in [2.24, 2.45) is 0 Å². The number of benzene rings is 2. The number of ketones is 1. The molecule has 2 rings (SSSR count). The molecule has 0 spiro atoms. The molecule has 2 aromatic carbocycles. The molecule has 21 heavy (non-hydrogen) atoms. The van der Waals surface area contributed by atoms with Gasteiger partial charge in [-0.25, -0.2) is 0 Å². The van der Waals surface area contributed by atoms with Crippen molar-refractivity contribution in [1.29, 1.82) is 0 Å². The molecule has 0 atom stereocenters. The molecule has 0 heterocycles. The van der Waals surface area contributed by atoms with E-state index in [0.717, 1.165) is 23.3 Å². The van der Waals surface area contributed by atoms with Crippen molar-refractivity contribution in [2.75, 3.05) is 6.61 Å². The van der Waals surface area contributed by atoms with Crippen molar-refractivity contribution >= 4 is 5.78 Å². The van der Waals surface area contributed by atoms with Crippen LogP contribution in [0.5, 0.6) is 5.75 Å². The summed E-state index contributed by atoms with van der Waals surface area (Å²) in [4.78, 5) is 12.2. The summed E-state index contributed by atoms with van der Waals surface area (Å²) in [6, 6.07) is 13.5. The Labute approximate surface area is 126 Å². The molecule has 2 aromatic rings. The van der Waals surface area contributed by atoms with Gasteiger partial charge in [-0.2, -0.15) is 0 Å². The zero-order chi connectivity index (χ0) is 15.2. The van der Waals surface area contributed by atoms with Crippen LogP contribution in [0.3, 0.4) is 0 Å². The summed E-state index contributed by atoms with van der Waals surface area (Å²) in [5, 5.41) is 0. The fourth-order valence-corrected chi connectivity index (χ4v) is 2.11. The fourth-order valence-electron chi connectivity index (χ4n) is 2.11. The van der Waals surface area contributed by atoms with Gasteiger partial charge < -0.3 is 4.74 Å². The van der Waals surface area contributed by atoms with Crippen molar-refractivity contribution in [1.82, 2.24) is 0 Å². The average Bonchev–Trinajstić information content (AvgIpc) is 2.49. The van der Waals surface area contributed by atoms with Crippen molar-refractivity contribution in [3.05, 3.63) is 77.4 Å². The summed E-state index contributed by atoms with van der Waals surface area (Å²) in [5.41, 5.74) is 4.04. The lowest BCUT2D eigenvalue weighted by Crippen LogP contribution is -2.12. The van der Waals surface area contributed by atoms with Gasteiger partial charge in [0.25, 0.3) is 0 Å². The summed E-state index contributed by atoms with van der Waals surface area (Å²) in [7, 11) is 0. The van der Waals surface area contributed by atoms with Crippen LogP contribution < -0.4 is 4.74 Å². The van der Waals surface area contributed by atoms with Crippen molar-refractivity contribution in [2.45, 2.75) is 20.3 Å². The zero-order valence-corrected chi connectivity index (χ0v) is 12.6. The standard InChI is InChI=1S/C19H20O2/c1-4-7-16-8-5-6-9-19(16)21-13-18(20)17-11-10-14(2)15(3)12-17/h4-6,8-12H,1,7,13H2,2-3H3. The first kappa shape index (κ1) is 15.0. The smallest absolute Gasteiger partial charge is 0.200 e. The van der Waals surface area contributed by atoms with Crippen LogP contribution in [0.15, 0.2) is 55.1 Å². The van der Waals surface area contributed by atoms with Gasteiger partial charge in [0.1, 0.15) is 5.75 Å². The minimum absolute atomic E-state index is 0.00786. The molecule has 0 unspecified atom stereocenters. The zero-order valence-electron chi connectivity index (χ0n) is 12.6. The lowest BCUT2D eigenvalue weighted by molar-refractivity contribution is 0.0921. The number of hydrogen-bond donors (Lipinski definition) is 0. The lowest BCUT2D eigenvalue weighted by Gasteiger charge is -2.10. The van der Waals surface area contributed by atoms with Gasteiger partial charge in [-0.3, -0.25) is 4.79 Å². The first-order chi connectivity index (χ1) is 10.1. The topological polar surface area (TPSA) is 26.3 Å². The highest BCUT2D eigenvalue weighted by molar-refractivity contribution is 5.97. The Morgan fingerprint density at radius 2 is 1.90 bits per heavy atom. The molecule has 2 heteroatoms. The average molecular weight is 280 g/mol. The maximum absolute atomic E-state index is 12.2. The van der Waals surface area contributed by atoms with Crippen LogP contribution in [0.4, 0.5) is 0 Å². The van der Waals surface area contributed by atoms with E-state index in [9.17, 15) is 4.79 Å². The van der Waals surface area contributed by atoms with E-state index in [2.05, 4.69) is 6.58 Å². The molecule has 0 aliphatic carbocycles. The predicted octanol–water partition coefficient (Wildman–Crippen LogP) is 4.29. The lowest BCUT2D eigenvalue weighted by atomic mass is 10.0. The van der Waals surface area contributed by atoms with Crippen LogP contribution in [0.1, 0.15) is 27.0 Å². The van der Waals surface area contributed by atoms with Crippen LogP contribution in [0.25, 0.3) is 0 Å². The number of hydrogen-bond acceptors (Lipinski definition) is 2. The third-order valence-corrected chi connectivity index (χ3v) is 3.52. The first-order valence-electron chi connectivity index (χ1n) is 7.04.